The zero-order valence-corrected chi connectivity index (χ0v) is 10.1. The van der Waals surface area contributed by atoms with Crippen LogP contribution in [-0.4, -0.2) is 11.1 Å². The third kappa shape index (κ3) is 2.86. The van der Waals surface area contributed by atoms with E-state index in [1.54, 1.807) is 18.2 Å². The standard InChI is InChI=1S/C16H14O2/c1-12-6-8-13(9-7-12)10-11-14-4-2-3-5-15(14)16(17)18/h2-11H,1H3,(H,17,18). The molecule has 0 aliphatic rings. The molecule has 2 heteroatoms. The van der Waals surface area contributed by atoms with E-state index in [0.717, 1.165) is 5.56 Å². The van der Waals surface area contributed by atoms with Gasteiger partial charge in [-0.15, -0.1) is 0 Å². The molecule has 2 nitrogen and oxygen atoms in total. The van der Waals surface area contributed by atoms with Crippen molar-refractivity contribution in [1.29, 1.82) is 0 Å². The van der Waals surface area contributed by atoms with Gasteiger partial charge < -0.3 is 5.11 Å². The smallest absolute Gasteiger partial charge is 0.336 e. The fraction of sp³-hybridized carbons (Fsp3) is 0.0625. The molecule has 0 aliphatic carbocycles. The molecule has 0 saturated carbocycles. The van der Waals surface area contributed by atoms with Crippen LogP contribution in [-0.2, 0) is 0 Å². The van der Waals surface area contributed by atoms with E-state index in [2.05, 4.69) is 0 Å². The average molecular weight is 238 g/mol. The molecule has 0 aromatic heterocycles. The highest BCUT2D eigenvalue weighted by molar-refractivity contribution is 5.93. The number of aryl methyl sites for hydroxylation is 1. The SMILES string of the molecule is Cc1ccc(C=Cc2ccccc2C(=O)O)cc1. The summed E-state index contributed by atoms with van der Waals surface area (Å²) in [6, 6.07) is 15.1. The minimum Gasteiger partial charge on any atom is -0.478 e. The van der Waals surface area contributed by atoms with Crippen LogP contribution in [0.3, 0.4) is 0 Å². The van der Waals surface area contributed by atoms with Crippen LogP contribution in [0.15, 0.2) is 48.5 Å². The number of hydrogen-bond donors (Lipinski definition) is 1. The number of aromatic carboxylic acids is 1. The van der Waals surface area contributed by atoms with Crippen molar-refractivity contribution in [2.24, 2.45) is 0 Å². The molecule has 2 rings (SSSR count). The monoisotopic (exact) mass is 238 g/mol. The molecule has 0 radical (unpaired) electrons. The molecule has 0 heterocycles. The lowest BCUT2D eigenvalue weighted by atomic mass is 10.1. The van der Waals surface area contributed by atoms with E-state index in [9.17, 15) is 4.79 Å². The van der Waals surface area contributed by atoms with Gasteiger partial charge >= 0.3 is 5.97 Å². The van der Waals surface area contributed by atoms with Crippen molar-refractivity contribution in [2.45, 2.75) is 6.92 Å². The quantitative estimate of drug-likeness (QED) is 0.824. The summed E-state index contributed by atoms with van der Waals surface area (Å²) >= 11 is 0. The molecule has 0 atom stereocenters. The van der Waals surface area contributed by atoms with Gasteiger partial charge in [0.05, 0.1) is 5.56 Å². The maximum Gasteiger partial charge on any atom is 0.336 e. The highest BCUT2D eigenvalue weighted by atomic mass is 16.4. The van der Waals surface area contributed by atoms with Gasteiger partial charge in [0.1, 0.15) is 0 Å². The summed E-state index contributed by atoms with van der Waals surface area (Å²) in [5, 5.41) is 9.07. The van der Waals surface area contributed by atoms with E-state index in [4.69, 9.17) is 5.11 Å². The molecule has 0 bridgehead atoms. The lowest BCUT2D eigenvalue weighted by molar-refractivity contribution is 0.0696. The van der Waals surface area contributed by atoms with Gasteiger partial charge in [0.2, 0.25) is 0 Å². The van der Waals surface area contributed by atoms with Crippen LogP contribution in [0.25, 0.3) is 12.2 Å². The molecule has 90 valence electrons. The van der Waals surface area contributed by atoms with Crippen LogP contribution in [0.2, 0.25) is 0 Å². The van der Waals surface area contributed by atoms with Crippen molar-refractivity contribution in [3.63, 3.8) is 0 Å². The zero-order valence-electron chi connectivity index (χ0n) is 10.1. The van der Waals surface area contributed by atoms with Gasteiger partial charge in [0.15, 0.2) is 0 Å². The Kier molecular flexibility index (Phi) is 3.58. The van der Waals surface area contributed by atoms with Crippen molar-refractivity contribution in [3.05, 3.63) is 70.8 Å². The molecule has 0 spiro atoms. The molecule has 0 saturated heterocycles. The van der Waals surface area contributed by atoms with E-state index in [-0.39, 0.29) is 0 Å². The summed E-state index contributed by atoms with van der Waals surface area (Å²) in [5.74, 6) is -0.904. The Hall–Kier alpha value is -2.35. The summed E-state index contributed by atoms with van der Waals surface area (Å²) in [4.78, 5) is 11.0. The molecular formula is C16H14O2. The van der Waals surface area contributed by atoms with Crippen molar-refractivity contribution in [2.75, 3.05) is 0 Å². The fourth-order valence-corrected chi connectivity index (χ4v) is 1.70. The van der Waals surface area contributed by atoms with Gasteiger partial charge in [-0.25, -0.2) is 4.79 Å². The largest absolute Gasteiger partial charge is 0.478 e. The second kappa shape index (κ2) is 5.32. The highest BCUT2D eigenvalue weighted by Gasteiger charge is 2.05. The van der Waals surface area contributed by atoms with E-state index >= 15 is 0 Å². The highest BCUT2D eigenvalue weighted by Crippen LogP contribution is 2.13. The van der Waals surface area contributed by atoms with Gasteiger partial charge in [-0.3, -0.25) is 0 Å². The van der Waals surface area contributed by atoms with Crippen molar-refractivity contribution in [3.8, 4) is 0 Å². The molecule has 0 amide bonds. The zero-order chi connectivity index (χ0) is 13.0. The summed E-state index contributed by atoms with van der Waals surface area (Å²) in [6.07, 6.45) is 3.75. The van der Waals surface area contributed by atoms with Crippen LogP contribution in [0, 0.1) is 6.92 Å². The summed E-state index contributed by atoms with van der Waals surface area (Å²) in [5.41, 5.74) is 3.30. The first-order chi connectivity index (χ1) is 8.66. The van der Waals surface area contributed by atoms with Gasteiger partial charge in [-0.2, -0.15) is 0 Å². The average Bonchev–Trinajstić information content (AvgIpc) is 2.38. The third-order valence-electron chi connectivity index (χ3n) is 2.72. The number of rotatable bonds is 3. The first-order valence-electron chi connectivity index (χ1n) is 5.74. The molecular weight excluding hydrogens is 224 g/mol. The van der Waals surface area contributed by atoms with E-state index < -0.39 is 5.97 Å². The number of carbonyl (C=O) groups is 1. The molecule has 2 aromatic rings. The van der Waals surface area contributed by atoms with Crippen LogP contribution in [0.1, 0.15) is 27.0 Å². The summed E-state index contributed by atoms with van der Waals surface area (Å²) in [6.45, 7) is 2.03. The number of carboxylic acids is 1. The maximum atomic E-state index is 11.0. The summed E-state index contributed by atoms with van der Waals surface area (Å²) in [7, 11) is 0. The lowest BCUT2D eigenvalue weighted by Crippen LogP contribution is -1.98. The molecule has 0 unspecified atom stereocenters. The van der Waals surface area contributed by atoms with E-state index in [1.807, 2.05) is 49.4 Å². The molecule has 1 N–H and O–H groups in total. The normalized spacial score (nSPS) is 10.7. The first kappa shape index (κ1) is 12.1. The minimum atomic E-state index is -0.904. The Morgan fingerprint density at radius 1 is 1.00 bits per heavy atom. The van der Waals surface area contributed by atoms with E-state index in [0.29, 0.717) is 11.1 Å². The predicted molar refractivity (Wildman–Crippen MR) is 73.5 cm³/mol. The predicted octanol–water partition coefficient (Wildman–Crippen LogP) is 3.86. The Morgan fingerprint density at radius 3 is 2.33 bits per heavy atom. The van der Waals surface area contributed by atoms with Gasteiger partial charge in [-0.1, -0.05) is 60.2 Å². The Bertz CT molecular complexity index is 580. The number of carboxylic acid groups (broad SMARTS) is 1. The minimum absolute atomic E-state index is 0.320. The molecule has 18 heavy (non-hydrogen) atoms. The van der Waals surface area contributed by atoms with Crippen molar-refractivity contribution < 1.29 is 9.90 Å². The molecule has 2 aromatic carbocycles. The van der Waals surface area contributed by atoms with E-state index in [1.165, 1.54) is 5.56 Å². The van der Waals surface area contributed by atoms with Crippen LogP contribution < -0.4 is 0 Å². The van der Waals surface area contributed by atoms with Gasteiger partial charge in [0, 0.05) is 0 Å². The summed E-state index contributed by atoms with van der Waals surface area (Å²) < 4.78 is 0. The van der Waals surface area contributed by atoms with Crippen LogP contribution in [0.4, 0.5) is 0 Å². The Labute approximate surface area is 106 Å². The Morgan fingerprint density at radius 2 is 1.67 bits per heavy atom. The van der Waals surface area contributed by atoms with Gasteiger partial charge in [0.25, 0.3) is 0 Å². The first-order valence-corrected chi connectivity index (χ1v) is 5.74. The molecule has 0 fully saturated rings. The van der Waals surface area contributed by atoms with Crippen LogP contribution in [0.5, 0.6) is 0 Å². The van der Waals surface area contributed by atoms with Crippen molar-refractivity contribution >= 4 is 18.1 Å². The fourth-order valence-electron chi connectivity index (χ4n) is 1.70. The third-order valence-corrected chi connectivity index (χ3v) is 2.72. The van der Waals surface area contributed by atoms with Crippen molar-refractivity contribution in [1.82, 2.24) is 0 Å². The van der Waals surface area contributed by atoms with Crippen LogP contribution >= 0.6 is 0 Å². The molecule has 0 aliphatic heterocycles. The second-order valence-electron chi connectivity index (χ2n) is 4.14. The second-order valence-corrected chi connectivity index (χ2v) is 4.14. The number of hydrogen-bond acceptors (Lipinski definition) is 1. The number of benzene rings is 2. The Balaban J connectivity index is 2.29. The van der Waals surface area contributed by atoms with Gasteiger partial charge in [-0.05, 0) is 24.1 Å². The topological polar surface area (TPSA) is 37.3 Å². The lowest BCUT2D eigenvalue weighted by Gasteiger charge is -2.00. The maximum absolute atomic E-state index is 11.0.